The second-order valence-electron chi connectivity index (χ2n) is 5.35. The molecular weight excluding hydrogens is 460 g/mol. The van der Waals surface area contributed by atoms with Gasteiger partial charge >= 0.3 is 0 Å². The Labute approximate surface area is 155 Å². The lowest BCUT2D eigenvalue weighted by Gasteiger charge is -2.21. The van der Waals surface area contributed by atoms with Crippen LogP contribution in [0.5, 0.6) is 0 Å². The second-order valence-corrected chi connectivity index (χ2v) is 12.5. The Morgan fingerprint density at radius 2 is 1.52 bits per heavy atom. The Morgan fingerprint density at radius 1 is 1.04 bits per heavy atom. The van der Waals surface area contributed by atoms with Crippen molar-refractivity contribution in [2.75, 3.05) is 27.8 Å². The summed E-state index contributed by atoms with van der Waals surface area (Å²) in [6.07, 6.45) is 2.40. The van der Waals surface area contributed by atoms with Crippen molar-refractivity contribution in [3.05, 3.63) is 22.7 Å². The van der Waals surface area contributed by atoms with E-state index in [1.807, 2.05) is 0 Å². The van der Waals surface area contributed by atoms with E-state index in [4.69, 9.17) is 0 Å². The molecule has 25 heavy (non-hydrogen) atoms. The van der Waals surface area contributed by atoms with Crippen LogP contribution in [-0.2, 0) is 34.7 Å². The molecule has 0 spiro atoms. The van der Waals surface area contributed by atoms with Gasteiger partial charge in [-0.05, 0) is 41.1 Å². The Kier molecular flexibility index (Phi) is 6.30. The van der Waals surface area contributed by atoms with E-state index in [9.17, 15) is 30.0 Å². The Balaban J connectivity index is 3.27. The molecule has 0 saturated heterocycles. The third-order valence-electron chi connectivity index (χ3n) is 3.03. The van der Waals surface area contributed by atoms with Gasteiger partial charge in [0.2, 0.25) is 26.0 Å². The number of amides is 1. The highest BCUT2D eigenvalue weighted by Crippen LogP contribution is 2.32. The Morgan fingerprint density at radius 3 is 1.88 bits per heavy atom. The van der Waals surface area contributed by atoms with Crippen LogP contribution in [-0.4, -0.2) is 55.2 Å². The highest BCUT2D eigenvalue weighted by atomic mass is 79.9. The fraction of sp³-hybridized carbons (Fsp3) is 0.417. The summed E-state index contributed by atoms with van der Waals surface area (Å²) in [6.45, 7) is 1.23. The summed E-state index contributed by atoms with van der Waals surface area (Å²) >= 11 is 3.06. The first-order valence-electron chi connectivity index (χ1n) is 6.55. The molecule has 0 radical (unpaired) electrons. The van der Waals surface area contributed by atoms with E-state index in [2.05, 4.69) is 21.2 Å². The van der Waals surface area contributed by atoms with Crippen LogP contribution >= 0.6 is 15.9 Å². The lowest BCUT2D eigenvalue weighted by atomic mass is 10.3. The molecule has 0 saturated carbocycles. The molecule has 1 aromatic carbocycles. The number of nitrogens with zero attached hydrogens (tertiary/aromatic N) is 1. The zero-order valence-corrected chi connectivity index (χ0v) is 17.8. The van der Waals surface area contributed by atoms with Crippen LogP contribution in [0.25, 0.3) is 0 Å². The molecule has 9 nitrogen and oxygen atoms in total. The first kappa shape index (κ1) is 21.9. The molecule has 0 aliphatic heterocycles. The third-order valence-corrected chi connectivity index (χ3v) is 8.38. The van der Waals surface area contributed by atoms with E-state index in [-0.39, 0.29) is 19.6 Å². The van der Waals surface area contributed by atoms with Gasteiger partial charge in [-0.3, -0.25) is 4.79 Å². The van der Waals surface area contributed by atoms with Gasteiger partial charge in [0.25, 0.3) is 0 Å². The molecule has 1 N–H and O–H groups in total. The number of sulfonamides is 2. The number of halogens is 1. The van der Waals surface area contributed by atoms with Gasteiger partial charge in [-0.1, -0.05) is 0 Å². The molecule has 142 valence electrons. The average Bonchev–Trinajstić information content (AvgIpc) is 2.36. The first-order chi connectivity index (χ1) is 11.0. The minimum Gasteiger partial charge on any atom is -0.325 e. The molecule has 0 bridgehead atoms. The summed E-state index contributed by atoms with van der Waals surface area (Å²) in [7, 11) is -11.8. The summed E-state index contributed by atoms with van der Waals surface area (Å²) < 4.78 is 70.2. The highest BCUT2D eigenvalue weighted by molar-refractivity contribution is 9.10. The largest absolute Gasteiger partial charge is 0.325 e. The van der Waals surface area contributed by atoms with Gasteiger partial charge in [0.15, 0.2) is 9.84 Å². The van der Waals surface area contributed by atoms with Crippen LogP contribution in [0, 0.1) is 0 Å². The number of carbonyl (C=O) groups is 1. The topological polar surface area (TPSA) is 135 Å². The van der Waals surface area contributed by atoms with E-state index in [0.717, 1.165) is 18.8 Å². The molecule has 0 aliphatic rings. The fourth-order valence-corrected chi connectivity index (χ4v) is 6.01. The summed E-state index contributed by atoms with van der Waals surface area (Å²) in [5.74, 6) is -0.773. The number of sulfone groups is 1. The van der Waals surface area contributed by atoms with Gasteiger partial charge in [0.05, 0.1) is 18.2 Å². The molecule has 0 heterocycles. The summed E-state index contributed by atoms with van der Waals surface area (Å²) in [4.78, 5) is 11.9. The fourth-order valence-electron chi connectivity index (χ4n) is 1.77. The minimum absolute atomic E-state index is 0.0770. The van der Waals surface area contributed by atoms with E-state index < -0.39 is 41.0 Å². The summed E-state index contributed by atoms with van der Waals surface area (Å²) in [5.41, 5.74) is -0.00256. The van der Waals surface area contributed by atoms with Crippen molar-refractivity contribution in [3.63, 3.8) is 0 Å². The minimum atomic E-state index is -4.12. The number of carbonyl (C=O) groups excluding carboxylic acids is 1. The molecule has 13 heteroatoms. The number of rotatable bonds is 6. The van der Waals surface area contributed by atoms with Crippen LogP contribution in [0.2, 0.25) is 0 Å². The molecular formula is C12H17BrN2O7S3. The van der Waals surface area contributed by atoms with Gasteiger partial charge in [0, 0.05) is 16.4 Å². The number of anilines is 2. The van der Waals surface area contributed by atoms with Crippen molar-refractivity contribution in [2.24, 2.45) is 0 Å². The maximum Gasteiger partial charge on any atom is 0.245 e. The Hall–Kier alpha value is -1.18. The van der Waals surface area contributed by atoms with E-state index in [0.29, 0.717) is 0 Å². The van der Waals surface area contributed by atoms with Crippen LogP contribution in [0.4, 0.5) is 11.4 Å². The summed E-state index contributed by atoms with van der Waals surface area (Å²) in [6, 6.07) is 3.70. The van der Waals surface area contributed by atoms with Crippen molar-refractivity contribution < 1.29 is 30.0 Å². The molecule has 0 aromatic heterocycles. The van der Waals surface area contributed by atoms with Crippen molar-refractivity contribution in [1.29, 1.82) is 0 Å². The zero-order chi connectivity index (χ0) is 19.8. The molecule has 1 unspecified atom stereocenters. The molecule has 1 aromatic rings. The first-order valence-corrected chi connectivity index (χ1v) is 13.0. The predicted molar refractivity (Wildman–Crippen MR) is 99.2 cm³/mol. The lowest BCUT2D eigenvalue weighted by molar-refractivity contribution is -0.115. The molecule has 1 amide bonds. The van der Waals surface area contributed by atoms with Crippen molar-refractivity contribution in [1.82, 2.24) is 0 Å². The van der Waals surface area contributed by atoms with Crippen molar-refractivity contribution in [3.8, 4) is 0 Å². The van der Waals surface area contributed by atoms with Gasteiger partial charge in [-0.15, -0.1) is 0 Å². The van der Waals surface area contributed by atoms with Crippen LogP contribution < -0.4 is 9.03 Å². The maximum atomic E-state index is 11.9. The second kappa shape index (κ2) is 7.21. The van der Waals surface area contributed by atoms with Crippen LogP contribution in [0.1, 0.15) is 6.92 Å². The van der Waals surface area contributed by atoms with Crippen LogP contribution in [0.3, 0.4) is 0 Å². The van der Waals surface area contributed by atoms with E-state index in [1.165, 1.54) is 25.1 Å². The maximum absolute atomic E-state index is 11.9. The summed E-state index contributed by atoms with van der Waals surface area (Å²) in [5, 5.41) is 1.08. The standard InChI is InChI=1S/C12H17BrN2O7S3/c1-8(23(2,17)18)12(16)14-9-5-6-11(10(13)7-9)15(24(3,19)20)25(4,21)22/h5-8H,1-4H3,(H,14,16). The molecule has 1 rings (SSSR count). The predicted octanol–water partition coefficient (Wildman–Crippen LogP) is 0.546. The van der Waals surface area contributed by atoms with Gasteiger partial charge < -0.3 is 5.32 Å². The lowest BCUT2D eigenvalue weighted by Crippen LogP contribution is -2.35. The number of benzene rings is 1. The number of nitrogens with one attached hydrogen (secondary N) is 1. The monoisotopic (exact) mass is 476 g/mol. The third kappa shape index (κ3) is 5.66. The molecule has 1 atom stereocenters. The number of hydrogen-bond acceptors (Lipinski definition) is 7. The van der Waals surface area contributed by atoms with Crippen molar-refractivity contribution >= 4 is 63.1 Å². The van der Waals surface area contributed by atoms with E-state index >= 15 is 0 Å². The van der Waals surface area contributed by atoms with Gasteiger partial charge in [-0.25, -0.2) is 25.3 Å². The molecule has 0 fully saturated rings. The normalized spacial score (nSPS) is 14.0. The van der Waals surface area contributed by atoms with Crippen molar-refractivity contribution in [2.45, 2.75) is 12.2 Å². The van der Waals surface area contributed by atoms with Crippen LogP contribution in [0.15, 0.2) is 22.7 Å². The van der Waals surface area contributed by atoms with Gasteiger partial charge in [0.1, 0.15) is 5.25 Å². The van der Waals surface area contributed by atoms with Gasteiger partial charge in [-0.2, -0.15) is 3.71 Å². The zero-order valence-electron chi connectivity index (χ0n) is 13.7. The number of hydrogen-bond donors (Lipinski definition) is 1. The highest BCUT2D eigenvalue weighted by Gasteiger charge is 2.29. The smallest absolute Gasteiger partial charge is 0.245 e. The average molecular weight is 477 g/mol. The van der Waals surface area contributed by atoms with E-state index in [1.54, 1.807) is 0 Å². The quantitative estimate of drug-likeness (QED) is 0.632. The Bertz CT molecular complexity index is 969. The SMILES string of the molecule is CC(C(=O)Nc1ccc(N(S(C)(=O)=O)S(C)(=O)=O)c(Br)c1)S(C)(=O)=O. The molecule has 0 aliphatic carbocycles.